The van der Waals surface area contributed by atoms with Crippen molar-refractivity contribution in [2.75, 3.05) is 0 Å². The van der Waals surface area contributed by atoms with E-state index in [0.717, 1.165) is 0 Å². The maximum absolute atomic E-state index is 12.5. The summed E-state index contributed by atoms with van der Waals surface area (Å²) in [5.74, 6) is -0.362. The number of nitrogens with zero attached hydrogens (tertiary/aromatic N) is 2. The predicted octanol–water partition coefficient (Wildman–Crippen LogP) is 2.31. The highest BCUT2D eigenvalue weighted by atomic mass is 16.3. The first-order valence-electron chi connectivity index (χ1n) is 6.91. The molecule has 0 radical (unpaired) electrons. The molecule has 2 aromatic rings. The lowest BCUT2D eigenvalue weighted by Gasteiger charge is -2.11. The van der Waals surface area contributed by atoms with Gasteiger partial charge in [-0.3, -0.25) is 9.59 Å². The van der Waals surface area contributed by atoms with Gasteiger partial charge in [0.15, 0.2) is 5.78 Å². The number of hydrogen-bond acceptors (Lipinski definition) is 4. The second kappa shape index (κ2) is 6.27. The number of benzene rings is 1. The van der Waals surface area contributed by atoms with Crippen LogP contribution in [0.2, 0.25) is 0 Å². The third-order valence-corrected chi connectivity index (χ3v) is 3.18. The van der Waals surface area contributed by atoms with E-state index in [1.165, 1.54) is 29.0 Å². The summed E-state index contributed by atoms with van der Waals surface area (Å²) in [6, 6.07) is 9.27. The summed E-state index contributed by atoms with van der Waals surface area (Å²) in [5.41, 5.74) is -0.147. The fourth-order valence-corrected chi connectivity index (χ4v) is 2.19. The summed E-state index contributed by atoms with van der Waals surface area (Å²) < 4.78 is 1.37. The Kier molecular flexibility index (Phi) is 4.42. The number of pyridine rings is 1. The van der Waals surface area contributed by atoms with Gasteiger partial charge in [0, 0.05) is 18.3 Å². The Labute approximate surface area is 128 Å². The van der Waals surface area contributed by atoms with Crippen LogP contribution >= 0.6 is 0 Å². The van der Waals surface area contributed by atoms with E-state index in [0.29, 0.717) is 6.54 Å². The Hall–Kier alpha value is -2.87. The Morgan fingerprint density at radius 3 is 2.64 bits per heavy atom. The van der Waals surface area contributed by atoms with E-state index in [1.807, 2.05) is 19.9 Å². The van der Waals surface area contributed by atoms with Crippen molar-refractivity contribution < 1.29 is 9.90 Å². The molecule has 112 valence electrons. The van der Waals surface area contributed by atoms with E-state index in [2.05, 4.69) is 0 Å². The Balaban J connectivity index is 2.57. The fraction of sp³-hybridized carbons (Fsp3) is 0.235. The van der Waals surface area contributed by atoms with E-state index in [1.54, 1.807) is 12.1 Å². The molecule has 1 aromatic heterocycles. The standard InChI is InChI=1S/C17H16N2O3/c1-11(2)9-19-10-13(7-12(8-18)17(19)22)16(21)14-5-3-4-6-15(14)20/h3-7,10-11,20H,9H2,1-2H3. The molecule has 0 unspecified atom stereocenters. The molecule has 0 aliphatic carbocycles. The number of aromatic nitrogens is 1. The summed E-state index contributed by atoms with van der Waals surface area (Å²) in [6.07, 6.45) is 1.44. The molecule has 0 bridgehead atoms. The van der Waals surface area contributed by atoms with E-state index >= 15 is 0 Å². The number of ketones is 1. The van der Waals surface area contributed by atoms with Gasteiger partial charge in [-0.25, -0.2) is 0 Å². The van der Waals surface area contributed by atoms with Gasteiger partial charge in [-0.15, -0.1) is 0 Å². The zero-order chi connectivity index (χ0) is 16.3. The average Bonchev–Trinajstić information content (AvgIpc) is 2.48. The third kappa shape index (κ3) is 3.07. The summed E-state index contributed by atoms with van der Waals surface area (Å²) in [6.45, 7) is 4.29. The third-order valence-electron chi connectivity index (χ3n) is 3.18. The van der Waals surface area contributed by atoms with Gasteiger partial charge in [-0.1, -0.05) is 26.0 Å². The maximum atomic E-state index is 12.5. The number of para-hydroxylation sites is 1. The first-order valence-corrected chi connectivity index (χ1v) is 6.91. The van der Waals surface area contributed by atoms with Crippen LogP contribution in [0.5, 0.6) is 5.75 Å². The molecule has 5 nitrogen and oxygen atoms in total. The fourth-order valence-electron chi connectivity index (χ4n) is 2.19. The molecular formula is C17H16N2O3. The number of phenolic OH excluding ortho intramolecular Hbond substituents is 1. The van der Waals surface area contributed by atoms with Crippen molar-refractivity contribution in [3.8, 4) is 11.8 Å². The van der Waals surface area contributed by atoms with Gasteiger partial charge in [-0.2, -0.15) is 5.26 Å². The Morgan fingerprint density at radius 1 is 1.36 bits per heavy atom. The van der Waals surface area contributed by atoms with Gasteiger partial charge >= 0.3 is 0 Å². The van der Waals surface area contributed by atoms with Crippen molar-refractivity contribution in [1.29, 1.82) is 5.26 Å². The molecule has 0 fully saturated rings. The molecular weight excluding hydrogens is 280 g/mol. The lowest BCUT2D eigenvalue weighted by Crippen LogP contribution is -2.25. The molecule has 0 aliphatic heterocycles. The van der Waals surface area contributed by atoms with Crippen molar-refractivity contribution in [3.63, 3.8) is 0 Å². The van der Waals surface area contributed by atoms with E-state index < -0.39 is 11.3 Å². The molecule has 5 heteroatoms. The van der Waals surface area contributed by atoms with Crippen molar-refractivity contribution in [2.45, 2.75) is 20.4 Å². The minimum Gasteiger partial charge on any atom is -0.507 e. The lowest BCUT2D eigenvalue weighted by molar-refractivity contribution is 0.103. The van der Waals surface area contributed by atoms with Gasteiger partial charge in [0.05, 0.1) is 5.56 Å². The maximum Gasteiger partial charge on any atom is 0.268 e. The predicted molar refractivity (Wildman–Crippen MR) is 81.8 cm³/mol. The van der Waals surface area contributed by atoms with Gasteiger partial charge in [0.25, 0.3) is 5.56 Å². The van der Waals surface area contributed by atoms with Crippen LogP contribution in [0.3, 0.4) is 0 Å². The molecule has 0 saturated carbocycles. The molecule has 0 amide bonds. The minimum atomic E-state index is -0.424. The summed E-state index contributed by atoms with van der Waals surface area (Å²) in [7, 11) is 0. The average molecular weight is 296 g/mol. The lowest BCUT2D eigenvalue weighted by atomic mass is 10.0. The molecule has 0 atom stereocenters. The number of carbonyl (C=O) groups is 1. The number of phenols is 1. The van der Waals surface area contributed by atoms with Crippen molar-refractivity contribution in [1.82, 2.24) is 4.57 Å². The van der Waals surface area contributed by atoms with E-state index in [4.69, 9.17) is 5.26 Å². The molecule has 0 saturated heterocycles. The van der Waals surface area contributed by atoms with Crippen LogP contribution in [0.25, 0.3) is 0 Å². The quantitative estimate of drug-likeness (QED) is 0.878. The minimum absolute atomic E-state index is 0.0816. The Morgan fingerprint density at radius 2 is 2.05 bits per heavy atom. The summed E-state index contributed by atoms with van der Waals surface area (Å²) >= 11 is 0. The van der Waals surface area contributed by atoms with Crippen LogP contribution in [0.4, 0.5) is 0 Å². The number of hydrogen-bond donors (Lipinski definition) is 1. The molecule has 1 heterocycles. The summed E-state index contributed by atoms with van der Waals surface area (Å²) in [5, 5.41) is 18.9. The zero-order valence-electron chi connectivity index (χ0n) is 12.4. The van der Waals surface area contributed by atoms with Gasteiger partial charge in [-0.05, 0) is 24.1 Å². The Bertz CT molecular complexity index is 813. The van der Waals surface area contributed by atoms with Crippen LogP contribution < -0.4 is 5.56 Å². The second-order valence-electron chi connectivity index (χ2n) is 5.45. The highest BCUT2D eigenvalue weighted by molar-refractivity contribution is 6.10. The van der Waals surface area contributed by atoms with Crippen LogP contribution in [0.1, 0.15) is 35.3 Å². The first-order chi connectivity index (χ1) is 10.4. The highest BCUT2D eigenvalue weighted by Gasteiger charge is 2.17. The topological polar surface area (TPSA) is 83.1 Å². The number of nitriles is 1. The molecule has 1 aromatic carbocycles. The molecule has 22 heavy (non-hydrogen) atoms. The van der Waals surface area contributed by atoms with E-state index in [9.17, 15) is 14.7 Å². The normalized spacial score (nSPS) is 10.5. The van der Waals surface area contributed by atoms with Crippen LogP contribution in [0, 0.1) is 17.2 Å². The monoisotopic (exact) mass is 296 g/mol. The number of rotatable bonds is 4. The van der Waals surface area contributed by atoms with Gasteiger partial charge < -0.3 is 9.67 Å². The van der Waals surface area contributed by atoms with Crippen LogP contribution in [-0.4, -0.2) is 15.5 Å². The molecule has 0 aliphatic rings. The highest BCUT2D eigenvalue weighted by Crippen LogP contribution is 2.19. The SMILES string of the molecule is CC(C)Cn1cc(C(=O)c2ccccc2O)cc(C#N)c1=O. The zero-order valence-corrected chi connectivity index (χ0v) is 12.4. The number of aromatic hydroxyl groups is 1. The smallest absolute Gasteiger partial charge is 0.268 e. The largest absolute Gasteiger partial charge is 0.507 e. The van der Waals surface area contributed by atoms with Gasteiger partial charge in [0.2, 0.25) is 0 Å². The number of carbonyl (C=O) groups excluding carboxylic acids is 1. The van der Waals surface area contributed by atoms with Crippen molar-refractivity contribution in [2.24, 2.45) is 5.92 Å². The van der Waals surface area contributed by atoms with Gasteiger partial charge in [0.1, 0.15) is 17.4 Å². The molecule has 2 rings (SSSR count). The van der Waals surface area contributed by atoms with Crippen LogP contribution in [0.15, 0.2) is 41.3 Å². The van der Waals surface area contributed by atoms with Crippen molar-refractivity contribution >= 4 is 5.78 Å². The molecule has 1 N–H and O–H groups in total. The molecule has 0 spiro atoms. The second-order valence-corrected chi connectivity index (χ2v) is 5.45. The van der Waals surface area contributed by atoms with E-state index in [-0.39, 0.29) is 28.4 Å². The van der Waals surface area contributed by atoms with Crippen LogP contribution in [-0.2, 0) is 6.54 Å². The van der Waals surface area contributed by atoms with Crippen molar-refractivity contribution in [3.05, 3.63) is 63.6 Å². The first kappa shape index (κ1) is 15.5. The summed E-state index contributed by atoms with van der Waals surface area (Å²) in [4.78, 5) is 24.6.